The molecule has 0 spiro atoms. The molecule has 2 heterocycles. The van der Waals surface area contributed by atoms with Crippen LogP contribution in [0.15, 0.2) is 35.0 Å². The van der Waals surface area contributed by atoms with Crippen LogP contribution >= 0.6 is 0 Å². The maximum Gasteiger partial charge on any atom is 0.295 e. The van der Waals surface area contributed by atoms with Crippen LogP contribution in [0.2, 0.25) is 0 Å². The summed E-state index contributed by atoms with van der Waals surface area (Å²) in [6, 6.07) is 5.94. The molecule has 6 nitrogen and oxygen atoms in total. The molecule has 0 atom stereocenters. The molecule has 2 aromatic heterocycles. The molecule has 19 heavy (non-hydrogen) atoms. The predicted molar refractivity (Wildman–Crippen MR) is 73.8 cm³/mol. The van der Waals surface area contributed by atoms with Crippen molar-refractivity contribution in [2.24, 2.45) is 7.05 Å². The number of aryl methyl sites for hydroxylation is 1. The highest BCUT2D eigenvalue weighted by Crippen LogP contribution is 2.20. The van der Waals surface area contributed by atoms with E-state index in [9.17, 15) is 0 Å². The van der Waals surface area contributed by atoms with Crippen molar-refractivity contribution in [3.05, 3.63) is 36.2 Å². The third-order valence-electron chi connectivity index (χ3n) is 2.86. The Morgan fingerprint density at radius 1 is 1.42 bits per heavy atom. The molecule has 0 aliphatic rings. The summed E-state index contributed by atoms with van der Waals surface area (Å²) >= 11 is 0. The Balaban J connectivity index is 1.65. The molecule has 3 rings (SSSR count). The summed E-state index contributed by atoms with van der Waals surface area (Å²) in [5.74, 6) is 0. The summed E-state index contributed by atoms with van der Waals surface area (Å²) in [5.41, 5.74) is 9.06. The molecule has 0 unspecified atom stereocenters. The zero-order valence-corrected chi connectivity index (χ0v) is 10.6. The van der Waals surface area contributed by atoms with Gasteiger partial charge in [-0.2, -0.15) is 10.1 Å². The standard InChI is InChI=1S/C13H15N5O/c1-18-8-9(7-16-18)4-5-15-13-17-11-6-10(14)2-3-12(11)19-13/h2-3,6-8H,4-5,14H2,1H3,(H,15,17). The molecule has 0 saturated carbocycles. The number of nitrogens with two attached hydrogens (primary N) is 1. The number of hydrogen-bond acceptors (Lipinski definition) is 5. The van der Waals surface area contributed by atoms with E-state index < -0.39 is 0 Å². The zero-order valence-electron chi connectivity index (χ0n) is 10.6. The molecule has 1 aromatic carbocycles. The SMILES string of the molecule is Cn1cc(CCNc2nc3cc(N)ccc3o2)cn1. The Bertz CT molecular complexity index is 700. The predicted octanol–water partition coefficient (Wildman–Crippen LogP) is 1.80. The number of oxazole rings is 1. The van der Waals surface area contributed by atoms with Gasteiger partial charge in [-0.15, -0.1) is 0 Å². The first kappa shape index (κ1) is 11.6. The van der Waals surface area contributed by atoms with E-state index >= 15 is 0 Å². The van der Waals surface area contributed by atoms with Gasteiger partial charge >= 0.3 is 0 Å². The second-order valence-corrected chi connectivity index (χ2v) is 4.45. The van der Waals surface area contributed by atoms with Crippen molar-refractivity contribution in [3.8, 4) is 0 Å². The molecule has 3 N–H and O–H groups in total. The number of hydrogen-bond donors (Lipinski definition) is 2. The van der Waals surface area contributed by atoms with Crippen molar-refractivity contribution in [2.45, 2.75) is 6.42 Å². The van der Waals surface area contributed by atoms with E-state index in [0.29, 0.717) is 11.7 Å². The van der Waals surface area contributed by atoms with Gasteiger partial charge in [0.15, 0.2) is 5.58 Å². The maximum absolute atomic E-state index is 5.70. The van der Waals surface area contributed by atoms with Crippen LogP contribution in [0, 0.1) is 0 Å². The molecular formula is C13H15N5O. The van der Waals surface area contributed by atoms with E-state index in [0.717, 1.165) is 24.1 Å². The lowest BCUT2D eigenvalue weighted by Gasteiger charge is -1.98. The Morgan fingerprint density at radius 2 is 2.32 bits per heavy atom. The molecule has 0 fully saturated rings. The maximum atomic E-state index is 5.70. The average Bonchev–Trinajstić information content (AvgIpc) is 2.95. The van der Waals surface area contributed by atoms with Crippen molar-refractivity contribution in [2.75, 3.05) is 17.6 Å². The fourth-order valence-electron chi connectivity index (χ4n) is 1.93. The Hall–Kier alpha value is -2.50. The topological polar surface area (TPSA) is 81.9 Å². The smallest absolute Gasteiger partial charge is 0.295 e. The summed E-state index contributed by atoms with van der Waals surface area (Å²) < 4.78 is 7.36. The van der Waals surface area contributed by atoms with Crippen LogP contribution in [-0.2, 0) is 13.5 Å². The van der Waals surface area contributed by atoms with Crippen LogP contribution in [-0.4, -0.2) is 21.3 Å². The fraction of sp³-hybridized carbons (Fsp3) is 0.231. The minimum atomic E-state index is 0.518. The third kappa shape index (κ3) is 2.52. The van der Waals surface area contributed by atoms with Gasteiger partial charge in [0.05, 0.1) is 6.20 Å². The highest BCUT2D eigenvalue weighted by atomic mass is 16.4. The Morgan fingerprint density at radius 3 is 3.11 bits per heavy atom. The number of rotatable bonds is 4. The summed E-state index contributed by atoms with van der Waals surface area (Å²) in [6.07, 6.45) is 4.72. The van der Waals surface area contributed by atoms with Crippen molar-refractivity contribution in [1.82, 2.24) is 14.8 Å². The summed E-state index contributed by atoms with van der Waals surface area (Å²) in [4.78, 5) is 4.33. The van der Waals surface area contributed by atoms with Crippen molar-refractivity contribution < 1.29 is 4.42 Å². The lowest BCUT2D eigenvalue weighted by Crippen LogP contribution is -2.04. The van der Waals surface area contributed by atoms with E-state index in [1.54, 1.807) is 16.8 Å². The minimum absolute atomic E-state index is 0.518. The Labute approximate surface area is 110 Å². The van der Waals surface area contributed by atoms with Gasteiger partial charge in [0.2, 0.25) is 0 Å². The lowest BCUT2D eigenvalue weighted by molar-refractivity contribution is 0.614. The van der Waals surface area contributed by atoms with Crippen molar-refractivity contribution in [3.63, 3.8) is 0 Å². The second kappa shape index (κ2) is 4.64. The van der Waals surface area contributed by atoms with Gasteiger partial charge in [-0.05, 0) is 30.2 Å². The molecule has 98 valence electrons. The van der Waals surface area contributed by atoms with Gasteiger partial charge in [0.1, 0.15) is 5.52 Å². The molecule has 0 aliphatic heterocycles. The number of nitrogens with one attached hydrogen (secondary N) is 1. The van der Waals surface area contributed by atoms with Crippen molar-refractivity contribution in [1.29, 1.82) is 0 Å². The monoisotopic (exact) mass is 257 g/mol. The quantitative estimate of drug-likeness (QED) is 0.696. The van der Waals surface area contributed by atoms with E-state index in [-0.39, 0.29) is 0 Å². The molecule has 0 saturated heterocycles. The van der Waals surface area contributed by atoms with E-state index in [4.69, 9.17) is 10.2 Å². The summed E-state index contributed by atoms with van der Waals surface area (Å²) in [6.45, 7) is 0.744. The van der Waals surface area contributed by atoms with Crippen LogP contribution in [0.4, 0.5) is 11.7 Å². The molecule has 0 aliphatic carbocycles. The van der Waals surface area contributed by atoms with E-state index in [1.807, 2.05) is 25.5 Å². The highest BCUT2D eigenvalue weighted by Gasteiger charge is 2.05. The molecule has 6 heteroatoms. The molecule has 0 radical (unpaired) electrons. The van der Waals surface area contributed by atoms with E-state index in [2.05, 4.69) is 15.4 Å². The number of fused-ring (bicyclic) bond motifs is 1. The zero-order chi connectivity index (χ0) is 13.2. The van der Waals surface area contributed by atoms with Crippen LogP contribution in [0.5, 0.6) is 0 Å². The third-order valence-corrected chi connectivity index (χ3v) is 2.86. The first-order valence-corrected chi connectivity index (χ1v) is 6.08. The largest absolute Gasteiger partial charge is 0.424 e. The van der Waals surface area contributed by atoms with Gasteiger partial charge in [0, 0.05) is 25.5 Å². The van der Waals surface area contributed by atoms with Gasteiger partial charge in [-0.1, -0.05) is 0 Å². The Kier molecular flexibility index (Phi) is 2.83. The van der Waals surface area contributed by atoms with Crippen LogP contribution in [0.3, 0.4) is 0 Å². The van der Waals surface area contributed by atoms with Crippen LogP contribution < -0.4 is 11.1 Å². The number of nitrogens with zero attached hydrogens (tertiary/aromatic N) is 3. The number of aromatic nitrogens is 3. The minimum Gasteiger partial charge on any atom is -0.424 e. The second-order valence-electron chi connectivity index (χ2n) is 4.45. The lowest BCUT2D eigenvalue weighted by atomic mass is 10.2. The van der Waals surface area contributed by atoms with Gasteiger partial charge in [-0.3, -0.25) is 4.68 Å². The molecule has 0 bridgehead atoms. The summed E-state index contributed by atoms with van der Waals surface area (Å²) in [5, 5.41) is 7.28. The summed E-state index contributed by atoms with van der Waals surface area (Å²) in [7, 11) is 1.90. The average molecular weight is 257 g/mol. The number of nitrogen functional groups attached to an aromatic ring is 1. The first-order valence-electron chi connectivity index (χ1n) is 6.08. The highest BCUT2D eigenvalue weighted by molar-refractivity contribution is 5.78. The normalized spacial score (nSPS) is 11.0. The molecule has 3 aromatic rings. The van der Waals surface area contributed by atoms with Gasteiger partial charge in [-0.25, -0.2) is 0 Å². The van der Waals surface area contributed by atoms with Crippen LogP contribution in [0.1, 0.15) is 5.56 Å². The molecule has 0 amide bonds. The van der Waals surface area contributed by atoms with Crippen molar-refractivity contribution >= 4 is 22.8 Å². The first-order chi connectivity index (χ1) is 9.20. The van der Waals surface area contributed by atoms with Gasteiger partial charge in [0.25, 0.3) is 6.01 Å². The molecular weight excluding hydrogens is 242 g/mol. The fourth-order valence-corrected chi connectivity index (χ4v) is 1.93. The van der Waals surface area contributed by atoms with E-state index in [1.165, 1.54) is 5.56 Å². The van der Waals surface area contributed by atoms with Crippen LogP contribution in [0.25, 0.3) is 11.1 Å². The number of anilines is 2. The van der Waals surface area contributed by atoms with Gasteiger partial charge < -0.3 is 15.5 Å². The number of benzene rings is 1.